The summed E-state index contributed by atoms with van der Waals surface area (Å²) in [5, 5.41) is 20.8. The fourth-order valence-electron chi connectivity index (χ4n) is 11.5. The van der Waals surface area contributed by atoms with Crippen molar-refractivity contribution in [1.29, 1.82) is 0 Å². The first-order valence-electron chi connectivity index (χ1n) is 30.9. The zero-order valence-electron chi connectivity index (χ0n) is 51.6. The van der Waals surface area contributed by atoms with Crippen molar-refractivity contribution in [1.82, 2.24) is 35.2 Å². The summed E-state index contributed by atoms with van der Waals surface area (Å²) in [6.45, 7) is 14.4. The van der Waals surface area contributed by atoms with Gasteiger partial charge in [0, 0.05) is 55.9 Å². The Morgan fingerprint density at radius 2 is 1.44 bits per heavy atom. The molecule has 0 radical (unpaired) electrons. The molecule has 88 heavy (non-hydrogen) atoms. The van der Waals surface area contributed by atoms with Crippen LogP contribution < -0.4 is 26.0 Å². The summed E-state index contributed by atoms with van der Waals surface area (Å²) < 4.78 is 25.6. The van der Waals surface area contributed by atoms with Crippen LogP contribution in [0.3, 0.4) is 0 Å². The SMILES string of the molecule is CC1=C(C)C2(c3ccc(Cl)cc3)C=N[C@@H](CC(=O)Nc3ccccc3OCCOCCN(CCOCCNc3cccc4c3C(=O)N(C3CCC(=O)NC3=O)C4=O)C(=O)CCCCCCCCCCCCCNC(=O)OC(C)(C)C)c3nnc(C)n3C2S1. The van der Waals surface area contributed by atoms with Crippen molar-refractivity contribution in [2.45, 2.75) is 166 Å². The highest BCUT2D eigenvalue weighted by Gasteiger charge is 2.51. The number of halogens is 1. The fourth-order valence-corrected chi connectivity index (χ4v) is 13.2. The number of hydrogen-bond donors (Lipinski definition) is 4. The maximum Gasteiger partial charge on any atom is 0.407 e. The topological polar surface area (TPSA) is 254 Å². The second-order valence-corrected chi connectivity index (χ2v) is 25.4. The Bertz CT molecular complexity index is 3180. The van der Waals surface area contributed by atoms with Crippen LogP contribution in [0.4, 0.5) is 16.2 Å². The van der Waals surface area contributed by atoms with Crippen LogP contribution in [0.1, 0.15) is 180 Å². The molecular weight excluding hydrogens is 1160 g/mol. The van der Waals surface area contributed by atoms with Gasteiger partial charge in [0.2, 0.25) is 23.6 Å². The summed E-state index contributed by atoms with van der Waals surface area (Å²) in [5.41, 5.74) is 2.36. The Morgan fingerprint density at radius 3 is 2.15 bits per heavy atom. The molecule has 4 aliphatic rings. The third-order valence-electron chi connectivity index (χ3n) is 16.2. The molecule has 1 saturated heterocycles. The zero-order valence-corrected chi connectivity index (χ0v) is 53.2. The van der Waals surface area contributed by atoms with Gasteiger partial charge in [0.15, 0.2) is 5.82 Å². The van der Waals surface area contributed by atoms with Crippen LogP contribution in [-0.4, -0.2) is 143 Å². The Balaban J connectivity index is 0.783. The van der Waals surface area contributed by atoms with Crippen molar-refractivity contribution in [2.75, 3.05) is 69.8 Å². The van der Waals surface area contributed by atoms with E-state index in [0.29, 0.717) is 54.0 Å². The molecular formula is C65H85ClN10O11S. The Hall–Kier alpha value is -7.14. The number of piperidine rings is 1. The summed E-state index contributed by atoms with van der Waals surface area (Å²) in [4.78, 5) is 99.8. The first-order chi connectivity index (χ1) is 42.4. The predicted octanol–water partition coefficient (Wildman–Crippen LogP) is 10.8. The lowest BCUT2D eigenvalue weighted by molar-refractivity contribution is -0.136. The van der Waals surface area contributed by atoms with E-state index >= 15 is 0 Å². The molecule has 4 N–H and O–H groups in total. The summed E-state index contributed by atoms with van der Waals surface area (Å²) in [7, 11) is 0. The van der Waals surface area contributed by atoms with Crippen LogP contribution in [0, 0.1) is 6.92 Å². The molecule has 5 heterocycles. The molecule has 0 aliphatic carbocycles. The van der Waals surface area contributed by atoms with Gasteiger partial charge in [-0.1, -0.05) is 99.7 Å². The van der Waals surface area contributed by atoms with Gasteiger partial charge in [-0.05, 0) is 113 Å². The van der Waals surface area contributed by atoms with Crippen LogP contribution in [0.15, 0.2) is 82.2 Å². The predicted molar refractivity (Wildman–Crippen MR) is 339 cm³/mol. The number of rotatable bonds is 33. The van der Waals surface area contributed by atoms with E-state index in [1.807, 2.05) is 70.3 Å². The Labute approximate surface area is 525 Å². The number of hydrogen-bond acceptors (Lipinski definition) is 16. The molecule has 3 unspecified atom stereocenters. The second-order valence-electron chi connectivity index (χ2n) is 23.7. The minimum Gasteiger partial charge on any atom is -0.489 e. The number of fused-ring (bicyclic) bond motifs is 4. The van der Waals surface area contributed by atoms with Crippen LogP contribution in [-0.2, 0) is 38.8 Å². The highest BCUT2D eigenvalue weighted by molar-refractivity contribution is 8.03. The van der Waals surface area contributed by atoms with Gasteiger partial charge in [0.05, 0.1) is 55.1 Å². The van der Waals surface area contributed by atoms with Crippen molar-refractivity contribution in [3.8, 4) is 5.75 Å². The van der Waals surface area contributed by atoms with Crippen LogP contribution in [0.2, 0.25) is 5.02 Å². The van der Waals surface area contributed by atoms with Gasteiger partial charge in [-0.3, -0.25) is 48.5 Å². The average molecular weight is 1250 g/mol. The maximum absolute atomic E-state index is 13.9. The first kappa shape index (κ1) is 66.8. The minimum absolute atomic E-state index is 0.00546. The highest BCUT2D eigenvalue weighted by Crippen LogP contribution is 2.59. The molecule has 1 aromatic heterocycles. The highest BCUT2D eigenvalue weighted by atomic mass is 35.5. The van der Waals surface area contributed by atoms with E-state index < -0.39 is 46.7 Å². The molecule has 1 fully saturated rings. The number of imide groups is 2. The largest absolute Gasteiger partial charge is 0.489 e. The number of aliphatic imine (C=N–C) groups is 1. The van der Waals surface area contributed by atoms with E-state index in [9.17, 15) is 33.6 Å². The number of ether oxygens (including phenoxy) is 4. The normalized spacial score (nSPS) is 18.8. The van der Waals surface area contributed by atoms with E-state index in [0.717, 1.165) is 73.2 Å². The Kier molecular flexibility index (Phi) is 24.2. The smallest absolute Gasteiger partial charge is 0.407 e. The first-order valence-corrected chi connectivity index (χ1v) is 32.2. The number of amides is 7. The number of benzene rings is 3. The van der Waals surface area contributed by atoms with Gasteiger partial charge in [0.25, 0.3) is 11.8 Å². The zero-order chi connectivity index (χ0) is 62.8. The summed E-state index contributed by atoms with van der Waals surface area (Å²) in [5.74, 6) is -0.752. The van der Waals surface area contributed by atoms with Gasteiger partial charge in [-0.2, -0.15) is 0 Å². The van der Waals surface area contributed by atoms with E-state index in [1.54, 1.807) is 47.0 Å². The number of nitrogens with zero attached hydrogens (tertiary/aromatic N) is 6. The number of aromatic nitrogens is 3. The van der Waals surface area contributed by atoms with Crippen LogP contribution >= 0.6 is 23.4 Å². The summed E-state index contributed by atoms with van der Waals surface area (Å²) in [6.07, 6.45) is 13.8. The van der Waals surface area contributed by atoms with Crippen LogP contribution in [0.25, 0.3) is 0 Å². The monoisotopic (exact) mass is 1250 g/mol. The standard InChI is InChI=1S/C65H85ClN10O11S/c1-43-44(2)88-62-65(43,46-26-28-47(66)29-27-46)42-69-51(58-73-72-45(3)75(58)62)41-55(78)70-49-22-17-18-24-53(49)86-40-39-85-38-35-74(56(79)25-16-14-12-10-8-7-9-11-13-15-19-32-68-63(83)87-64(4,5)6)34-37-84-36-33-67-50-23-20-21-48-57(50)61(82)76(60(48)81)52-30-31-54(77)71-59(52)80/h17-18,20-24,26-29,42,51-52,62,67H,7-16,19,25,30-41H2,1-6H3,(H,68,83)(H,70,78)(H,71,77,80)/t51-,52?,62?,65?/m0/s1. The number of alkyl carbamates (subject to hydrolysis) is 1. The number of nitrogens with one attached hydrogen (secondary N) is 4. The van der Waals surface area contributed by atoms with Gasteiger partial charge >= 0.3 is 6.09 Å². The number of thioether (sulfide) groups is 1. The molecule has 7 amide bonds. The molecule has 4 aromatic rings. The third-order valence-corrected chi connectivity index (χ3v) is 17.9. The Morgan fingerprint density at radius 1 is 0.773 bits per heavy atom. The number of anilines is 2. The van der Waals surface area contributed by atoms with Crippen molar-refractivity contribution in [2.24, 2.45) is 4.99 Å². The minimum atomic E-state index is -1.07. The average Bonchev–Trinajstić information content (AvgIpc) is 1.63. The van der Waals surface area contributed by atoms with Gasteiger partial charge in [-0.25, -0.2) is 4.79 Å². The molecule has 23 heteroatoms. The molecule has 8 rings (SSSR count). The van der Waals surface area contributed by atoms with Crippen molar-refractivity contribution in [3.05, 3.63) is 111 Å². The molecule has 4 aliphatic heterocycles. The maximum atomic E-state index is 13.9. The lowest BCUT2D eigenvalue weighted by Crippen LogP contribution is -2.54. The number of allylic oxidation sites excluding steroid dienone is 2. The molecule has 3 aromatic carbocycles. The number of carbonyl (C=O) groups excluding carboxylic acids is 7. The molecule has 0 bridgehead atoms. The molecule has 4 atom stereocenters. The second kappa shape index (κ2) is 31.9. The molecule has 0 spiro atoms. The lowest BCUT2D eigenvalue weighted by atomic mass is 9.75. The van der Waals surface area contributed by atoms with Crippen molar-refractivity contribution < 1.29 is 52.5 Å². The van der Waals surface area contributed by atoms with Crippen molar-refractivity contribution >= 4 is 82.5 Å². The van der Waals surface area contributed by atoms with E-state index in [-0.39, 0.29) is 93.3 Å². The van der Waals surface area contributed by atoms with Crippen molar-refractivity contribution in [3.63, 3.8) is 0 Å². The van der Waals surface area contributed by atoms with E-state index in [2.05, 4.69) is 49.9 Å². The summed E-state index contributed by atoms with van der Waals surface area (Å²) >= 11 is 8.09. The lowest BCUT2D eigenvalue weighted by Gasteiger charge is -2.34. The summed E-state index contributed by atoms with van der Waals surface area (Å²) in [6, 6.07) is 18.3. The van der Waals surface area contributed by atoms with Gasteiger partial charge < -0.3 is 39.8 Å². The van der Waals surface area contributed by atoms with E-state index in [4.69, 9.17) is 35.5 Å². The number of aryl methyl sites for hydroxylation is 1. The molecule has 474 valence electrons. The number of para-hydroxylation sites is 2. The fraction of sp³-hybridized carbons (Fsp3) is 0.538. The van der Waals surface area contributed by atoms with Gasteiger partial charge in [0.1, 0.15) is 41.2 Å². The third kappa shape index (κ3) is 17.4. The molecule has 21 nitrogen and oxygen atoms in total. The quantitative estimate of drug-likeness (QED) is 0.0256. The van der Waals surface area contributed by atoms with Crippen LogP contribution in [0.5, 0.6) is 5.75 Å². The number of carbonyl (C=O) groups is 7. The van der Waals surface area contributed by atoms with Gasteiger partial charge in [-0.15, -0.1) is 22.0 Å². The molecule has 0 saturated carbocycles. The van der Waals surface area contributed by atoms with E-state index in [1.165, 1.54) is 24.2 Å². The number of unbranched alkanes of at least 4 members (excludes halogenated alkanes) is 10.